The molecule has 118 valence electrons. The Hall–Kier alpha value is -1.89. The molecular weight excluding hydrogens is 304 g/mol. The zero-order chi connectivity index (χ0) is 15.9. The van der Waals surface area contributed by atoms with Gasteiger partial charge < -0.3 is 9.72 Å². The second-order valence-corrected chi connectivity index (χ2v) is 7.60. The zero-order valence-corrected chi connectivity index (χ0v) is 13.4. The average Bonchev–Trinajstić information content (AvgIpc) is 2.98. The Balaban J connectivity index is 2.04. The Kier molecular flexibility index (Phi) is 3.68. The number of hydrogen-bond donors (Lipinski definition) is 1. The summed E-state index contributed by atoms with van der Waals surface area (Å²) in [4.78, 5) is 19.1. The predicted molar refractivity (Wildman–Crippen MR) is 81.3 cm³/mol. The largest absolute Gasteiger partial charge is 0.456 e. The van der Waals surface area contributed by atoms with E-state index in [1.807, 2.05) is 6.92 Å². The quantitative estimate of drug-likeness (QED) is 0.872. The second kappa shape index (κ2) is 5.39. The number of fused-ring (bicyclic) bond motifs is 3. The number of aryl methyl sites for hydroxylation is 1. The number of ether oxygens (including phenoxy) is 1. The number of H-pyrrole nitrogens is 1. The van der Waals surface area contributed by atoms with Gasteiger partial charge in [-0.3, -0.25) is 9.78 Å². The van der Waals surface area contributed by atoms with Crippen LogP contribution in [-0.4, -0.2) is 30.6 Å². The molecule has 0 radical (unpaired) electrons. The van der Waals surface area contributed by atoms with Crippen LogP contribution < -0.4 is 0 Å². The third-order valence-corrected chi connectivity index (χ3v) is 5.04. The van der Waals surface area contributed by atoms with E-state index < -0.39 is 9.84 Å². The van der Waals surface area contributed by atoms with Crippen molar-refractivity contribution in [2.24, 2.45) is 0 Å². The fraction of sp³-hybridized carbons (Fsp3) is 0.467. The lowest BCUT2D eigenvalue weighted by molar-refractivity contribution is -0.149. The van der Waals surface area contributed by atoms with E-state index in [0.29, 0.717) is 11.9 Å². The molecule has 2 aromatic heterocycles. The molecule has 6 nitrogen and oxygen atoms in total. The molecule has 0 bridgehead atoms. The summed E-state index contributed by atoms with van der Waals surface area (Å²) in [7, 11) is -3.37. The monoisotopic (exact) mass is 322 g/mol. The van der Waals surface area contributed by atoms with Crippen molar-refractivity contribution in [3.05, 3.63) is 23.7 Å². The van der Waals surface area contributed by atoms with Crippen LogP contribution in [0, 0.1) is 0 Å². The molecule has 1 N–H and O–H groups in total. The van der Waals surface area contributed by atoms with E-state index in [9.17, 15) is 13.2 Å². The maximum Gasteiger partial charge on any atom is 0.306 e. The molecule has 1 aliphatic carbocycles. The fourth-order valence-electron chi connectivity index (χ4n) is 2.94. The van der Waals surface area contributed by atoms with Crippen LogP contribution in [-0.2, 0) is 25.8 Å². The first-order valence-corrected chi connectivity index (χ1v) is 9.19. The highest BCUT2D eigenvalue weighted by molar-refractivity contribution is 7.91. The molecule has 0 spiro atoms. The highest BCUT2D eigenvalue weighted by atomic mass is 32.2. The van der Waals surface area contributed by atoms with Crippen LogP contribution in [0.3, 0.4) is 0 Å². The van der Waals surface area contributed by atoms with Gasteiger partial charge in [0.1, 0.15) is 11.0 Å². The number of nitrogens with zero attached hydrogens (tertiary/aromatic N) is 1. The lowest BCUT2D eigenvalue weighted by atomic mass is 10.2. The van der Waals surface area contributed by atoms with Crippen molar-refractivity contribution in [3.8, 4) is 0 Å². The van der Waals surface area contributed by atoms with E-state index in [1.165, 1.54) is 6.20 Å². The summed E-state index contributed by atoms with van der Waals surface area (Å²) in [5, 5.41) is 0.798. The highest BCUT2D eigenvalue weighted by Crippen LogP contribution is 2.39. The summed E-state index contributed by atoms with van der Waals surface area (Å²) in [6, 6.07) is 0. The molecule has 2 aromatic rings. The molecule has 0 saturated heterocycles. The number of esters is 1. The molecule has 3 rings (SSSR count). The standard InChI is InChI=1S/C15H18N2O4S/c1-3-4-13(18)21-11-6-5-9-10-7-16-8-12(22(2,19)20)15(10)17-14(9)11/h7-8,11,17H,3-6H2,1-2H3. The van der Waals surface area contributed by atoms with Gasteiger partial charge in [0.05, 0.1) is 11.2 Å². The minimum Gasteiger partial charge on any atom is -0.456 e. The van der Waals surface area contributed by atoms with Crippen LogP contribution in [0.5, 0.6) is 0 Å². The van der Waals surface area contributed by atoms with Gasteiger partial charge in [0, 0.05) is 30.5 Å². The first kappa shape index (κ1) is 15.0. The summed E-state index contributed by atoms with van der Waals surface area (Å²) in [6.07, 6.45) is 6.44. The van der Waals surface area contributed by atoms with Crippen LogP contribution in [0.4, 0.5) is 0 Å². The molecule has 1 aliphatic rings. The average molecular weight is 322 g/mol. The van der Waals surface area contributed by atoms with E-state index in [0.717, 1.165) is 42.2 Å². The molecule has 0 saturated carbocycles. The van der Waals surface area contributed by atoms with Gasteiger partial charge in [-0.25, -0.2) is 8.42 Å². The Labute approximate surface area is 128 Å². The van der Waals surface area contributed by atoms with E-state index in [2.05, 4.69) is 9.97 Å². The van der Waals surface area contributed by atoms with Crippen LogP contribution in [0.25, 0.3) is 10.9 Å². The summed E-state index contributed by atoms with van der Waals surface area (Å²) in [6.45, 7) is 1.92. The number of rotatable bonds is 4. The van der Waals surface area contributed by atoms with E-state index >= 15 is 0 Å². The van der Waals surface area contributed by atoms with E-state index in [-0.39, 0.29) is 17.0 Å². The first-order valence-electron chi connectivity index (χ1n) is 7.29. The Bertz CT molecular complexity index is 839. The number of carbonyl (C=O) groups is 1. The van der Waals surface area contributed by atoms with Crippen LogP contribution in [0.15, 0.2) is 17.3 Å². The molecule has 0 amide bonds. The van der Waals surface area contributed by atoms with Gasteiger partial charge in [0.2, 0.25) is 0 Å². The SMILES string of the molecule is CCCC(=O)OC1CCc2c1[nH]c1c(S(C)(=O)=O)cncc21. The van der Waals surface area contributed by atoms with Gasteiger partial charge in [0.25, 0.3) is 0 Å². The molecule has 1 unspecified atom stereocenters. The van der Waals surface area contributed by atoms with Crippen molar-refractivity contribution < 1.29 is 17.9 Å². The minimum atomic E-state index is -3.37. The third-order valence-electron chi connectivity index (χ3n) is 3.93. The van der Waals surface area contributed by atoms with Crippen LogP contribution in [0.2, 0.25) is 0 Å². The minimum absolute atomic E-state index is 0.179. The zero-order valence-electron chi connectivity index (χ0n) is 12.5. The number of aromatic amines is 1. The van der Waals surface area contributed by atoms with Gasteiger partial charge in [-0.05, 0) is 24.8 Å². The summed E-state index contributed by atoms with van der Waals surface area (Å²) < 4.78 is 29.2. The summed E-state index contributed by atoms with van der Waals surface area (Å²) >= 11 is 0. The number of pyridine rings is 1. The van der Waals surface area contributed by atoms with Gasteiger partial charge in [-0.1, -0.05) is 6.92 Å². The van der Waals surface area contributed by atoms with Crippen LogP contribution >= 0.6 is 0 Å². The molecule has 0 fully saturated rings. The number of carbonyl (C=O) groups excluding carboxylic acids is 1. The predicted octanol–water partition coefficient (Wildman–Crippen LogP) is 2.30. The molecule has 1 atom stereocenters. The number of hydrogen-bond acceptors (Lipinski definition) is 5. The Morgan fingerprint density at radius 1 is 1.45 bits per heavy atom. The summed E-state index contributed by atoms with van der Waals surface area (Å²) in [5.74, 6) is -0.222. The van der Waals surface area contributed by atoms with E-state index in [1.54, 1.807) is 6.20 Å². The maximum atomic E-state index is 11.9. The lowest BCUT2D eigenvalue weighted by Crippen LogP contribution is -2.09. The topological polar surface area (TPSA) is 89.1 Å². The number of aromatic nitrogens is 2. The Morgan fingerprint density at radius 3 is 2.91 bits per heavy atom. The first-order chi connectivity index (χ1) is 10.4. The van der Waals surface area contributed by atoms with Crippen molar-refractivity contribution in [1.29, 1.82) is 0 Å². The normalized spacial score (nSPS) is 17.6. The van der Waals surface area contributed by atoms with Crippen LogP contribution in [0.1, 0.15) is 43.5 Å². The molecule has 22 heavy (non-hydrogen) atoms. The Morgan fingerprint density at radius 2 is 2.23 bits per heavy atom. The highest BCUT2D eigenvalue weighted by Gasteiger charge is 2.31. The van der Waals surface area contributed by atoms with Crippen molar-refractivity contribution in [3.63, 3.8) is 0 Å². The van der Waals surface area contributed by atoms with E-state index in [4.69, 9.17) is 4.74 Å². The number of sulfone groups is 1. The lowest BCUT2D eigenvalue weighted by Gasteiger charge is -2.11. The molecule has 2 heterocycles. The van der Waals surface area contributed by atoms with Gasteiger partial charge in [-0.15, -0.1) is 0 Å². The third kappa shape index (κ3) is 2.49. The van der Waals surface area contributed by atoms with Gasteiger partial charge >= 0.3 is 5.97 Å². The maximum absolute atomic E-state index is 11.9. The number of nitrogens with one attached hydrogen (secondary N) is 1. The van der Waals surface area contributed by atoms with Crippen molar-refractivity contribution in [2.75, 3.05) is 6.26 Å². The summed E-state index contributed by atoms with van der Waals surface area (Å²) in [5.41, 5.74) is 2.36. The molecule has 0 aliphatic heterocycles. The fourth-order valence-corrected chi connectivity index (χ4v) is 3.72. The van der Waals surface area contributed by atoms with Gasteiger partial charge in [-0.2, -0.15) is 0 Å². The van der Waals surface area contributed by atoms with Crippen molar-refractivity contribution >= 4 is 26.7 Å². The van der Waals surface area contributed by atoms with Crippen molar-refractivity contribution in [2.45, 2.75) is 43.6 Å². The molecular formula is C15H18N2O4S. The van der Waals surface area contributed by atoms with Gasteiger partial charge in [0.15, 0.2) is 9.84 Å². The van der Waals surface area contributed by atoms with Crippen molar-refractivity contribution in [1.82, 2.24) is 9.97 Å². The smallest absolute Gasteiger partial charge is 0.306 e. The molecule has 7 heteroatoms. The molecule has 0 aromatic carbocycles. The second-order valence-electron chi connectivity index (χ2n) is 5.62.